The molecule has 264 valence electrons. The van der Waals surface area contributed by atoms with Crippen molar-refractivity contribution < 1.29 is 37.0 Å². The van der Waals surface area contributed by atoms with Crippen LogP contribution in [0.25, 0.3) is 11.1 Å². The number of carbonyl (C=O) groups is 2. The lowest BCUT2D eigenvalue weighted by Gasteiger charge is -2.41. The summed E-state index contributed by atoms with van der Waals surface area (Å²) in [5.41, 5.74) is 1.95. The predicted octanol–water partition coefficient (Wildman–Crippen LogP) is 6.61. The lowest BCUT2D eigenvalue weighted by atomic mass is 9.81. The van der Waals surface area contributed by atoms with Crippen LogP contribution in [0.3, 0.4) is 0 Å². The molecule has 1 aromatic heterocycles. The normalized spacial score (nSPS) is 17.0. The van der Waals surface area contributed by atoms with Crippen LogP contribution in [0, 0.1) is 18.2 Å². The highest BCUT2D eigenvalue weighted by Crippen LogP contribution is 2.45. The van der Waals surface area contributed by atoms with Crippen LogP contribution in [0.1, 0.15) is 93.7 Å². The third-order valence-corrected chi connectivity index (χ3v) is 10.7. The summed E-state index contributed by atoms with van der Waals surface area (Å²) in [6.07, 6.45) is 1.71. The Morgan fingerprint density at radius 1 is 1.06 bits per heavy atom. The molecule has 0 radical (unpaired) electrons. The van der Waals surface area contributed by atoms with E-state index in [-0.39, 0.29) is 22.6 Å². The number of hydrogen-bond acceptors (Lipinski definition) is 8. The lowest BCUT2D eigenvalue weighted by molar-refractivity contribution is -0.160. The number of benzene rings is 2. The highest BCUT2D eigenvalue weighted by atomic mass is 32.2. The molecule has 0 spiro atoms. The minimum absolute atomic E-state index is 0.0540. The molecule has 1 saturated carbocycles. The predicted molar refractivity (Wildman–Crippen MR) is 186 cm³/mol. The Bertz CT molecular complexity index is 1790. The van der Waals surface area contributed by atoms with Gasteiger partial charge in [0.1, 0.15) is 17.3 Å². The van der Waals surface area contributed by atoms with Gasteiger partial charge in [0.15, 0.2) is 6.10 Å². The van der Waals surface area contributed by atoms with E-state index in [2.05, 4.69) is 28.5 Å². The minimum Gasteiger partial charge on any atom is -0.493 e. The summed E-state index contributed by atoms with van der Waals surface area (Å²) in [5.74, 6) is -1.84. The van der Waals surface area contributed by atoms with Crippen LogP contribution < -0.4 is 14.4 Å². The third kappa shape index (κ3) is 8.96. The quantitative estimate of drug-likeness (QED) is 0.215. The van der Waals surface area contributed by atoms with Gasteiger partial charge >= 0.3 is 5.97 Å². The summed E-state index contributed by atoms with van der Waals surface area (Å²) < 4.78 is 53.6. The number of rotatable bonds is 12. The zero-order chi connectivity index (χ0) is 35.7. The molecule has 5 rings (SSSR count). The average molecular weight is 696 g/mol. The maximum Gasteiger partial charge on any atom is 0.337 e. The van der Waals surface area contributed by atoms with Gasteiger partial charge < -0.3 is 19.5 Å². The molecule has 12 heteroatoms. The molecule has 0 bridgehead atoms. The van der Waals surface area contributed by atoms with Crippen molar-refractivity contribution in [2.75, 3.05) is 24.6 Å². The molecule has 1 aliphatic carbocycles. The second-order valence-electron chi connectivity index (χ2n) is 14.7. The molecule has 49 heavy (non-hydrogen) atoms. The molecule has 10 nitrogen and oxygen atoms in total. The number of sulfonamides is 1. The number of nitrogens with zero attached hydrogens (tertiary/aromatic N) is 2. The summed E-state index contributed by atoms with van der Waals surface area (Å²) >= 11 is 0. The molecule has 2 aliphatic rings. The Hall–Kier alpha value is -4.03. The van der Waals surface area contributed by atoms with Crippen LogP contribution in [0.5, 0.6) is 5.75 Å². The molecule has 2 fully saturated rings. The van der Waals surface area contributed by atoms with E-state index in [0.717, 1.165) is 18.4 Å². The number of nitrogens with one attached hydrogen (secondary N) is 1. The van der Waals surface area contributed by atoms with Crippen LogP contribution in [-0.2, 0) is 26.0 Å². The van der Waals surface area contributed by atoms with Crippen molar-refractivity contribution >= 4 is 27.6 Å². The first kappa shape index (κ1) is 36.3. The van der Waals surface area contributed by atoms with Crippen molar-refractivity contribution in [3.8, 4) is 16.9 Å². The van der Waals surface area contributed by atoms with Crippen LogP contribution in [0.2, 0.25) is 0 Å². The molecule has 1 atom stereocenters. The number of carboxylic acid groups (broad SMARTS) is 1. The average Bonchev–Trinajstić information content (AvgIpc) is 3.87. The number of amides is 1. The number of aromatic nitrogens is 1. The Morgan fingerprint density at radius 3 is 2.22 bits per heavy atom. The van der Waals surface area contributed by atoms with Gasteiger partial charge in [0.2, 0.25) is 10.0 Å². The molecule has 3 aromatic rings. The lowest BCUT2D eigenvalue weighted by Crippen LogP contribution is -2.40. The van der Waals surface area contributed by atoms with E-state index in [1.54, 1.807) is 64.1 Å². The number of piperidine rings is 1. The fourth-order valence-electron chi connectivity index (χ4n) is 6.00. The van der Waals surface area contributed by atoms with Gasteiger partial charge in [-0.1, -0.05) is 38.1 Å². The van der Waals surface area contributed by atoms with Crippen LogP contribution in [0.4, 0.5) is 10.1 Å². The number of ether oxygens (including phenoxy) is 2. The molecule has 2 heterocycles. The smallest absolute Gasteiger partial charge is 0.337 e. The first-order valence-electron chi connectivity index (χ1n) is 16.7. The van der Waals surface area contributed by atoms with Crippen molar-refractivity contribution in [2.24, 2.45) is 5.41 Å². The van der Waals surface area contributed by atoms with Crippen molar-refractivity contribution in [3.63, 3.8) is 0 Å². The second kappa shape index (κ2) is 14.1. The summed E-state index contributed by atoms with van der Waals surface area (Å²) in [7, 11) is -3.92. The summed E-state index contributed by atoms with van der Waals surface area (Å²) in [6.45, 7) is 12.8. The molecule has 1 amide bonds. The Balaban J connectivity index is 1.63. The van der Waals surface area contributed by atoms with E-state index >= 15 is 0 Å². The fraction of sp³-hybridized carbons (Fsp3) is 0.486. The van der Waals surface area contributed by atoms with Crippen LogP contribution in [0.15, 0.2) is 48.5 Å². The van der Waals surface area contributed by atoms with Crippen LogP contribution in [-0.4, -0.2) is 60.9 Å². The third-order valence-electron chi connectivity index (χ3n) is 8.92. The van der Waals surface area contributed by atoms with E-state index in [1.165, 1.54) is 12.1 Å². The highest BCUT2D eigenvalue weighted by Gasteiger charge is 2.40. The van der Waals surface area contributed by atoms with Crippen molar-refractivity contribution in [2.45, 2.75) is 90.6 Å². The standard InChI is InChI=1S/C37H46FN3O7S/c1-23-29(33(35(43)44)48-36(2,3)4)32(41-20-18-37(5,6)19-21-41)30(31(39-23)34(42)40-49(45,46)28-15-16-28)25-9-13-27(14-10-25)47-22-17-24-7-11-26(38)12-8-24/h7-14,28,33H,15-22H2,1-6H3,(H,40,42)(H,43,44). The largest absolute Gasteiger partial charge is 0.493 e. The number of pyridine rings is 1. The number of halogens is 1. The number of aryl methyl sites for hydroxylation is 1. The van der Waals surface area contributed by atoms with Crippen molar-refractivity contribution in [1.82, 2.24) is 9.71 Å². The molecule has 1 saturated heterocycles. The van der Waals surface area contributed by atoms with Crippen LogP contribution >= 0.6 is 0 Å². The summed E-state index contributed by atoms with van der Waals surface area (Å²) in [4.78, 5) is 33.5. The zero-order valence-electron chi connectivity index (χ0n) is 29.0. The Labute approximate surface area is 288 Å². The van der Waals surface area contributed by atoms with Gasteiger partial charge in [-0.25, -0.2) is 27.3 Å². The van der Waals surface area contributed by atoms with E-state index < -0.39 is 38.9 Å². The van der Waals surface area contributed by atoms with E-state index in [0.29, 0.717) is 67.1 Å². The van der Waals surface area contributed by atoms with E-state index in [9.17, 15) is 27.5 Å². The molecular formula is C37H46FN3O7S. The number of carbonyl (C=O) groups excluding carboxylic acids is 1. The van der Waals surface area contributed by atoms with Gasteiger partial charge in [0.25, 0.3) is 5.91 Å². The monoisotopic (exact) mass is 695 g/mol. The highest BCUT2D eigenvalue weighted by molar-refractivity contribution is 7.91. The summed E-state index contributed by atoms with van der Waals surface area (Å²) in [5, 5.41) is 9.90. The number of anilines is 1. The van der Waals surface area contributed by atoms with Crippen molar-refractivity contribution in [1.29, 1.82) is 0 Å². The Morgan fingerprint density at radius 2 is 1.67 bits per heavy atom. The topological polar surface area (TPSA) is 135 Å². The number of carboxylic acids is 1. The summed E-state index contributed by atoms with van der Waals surface area (Å²) in [6, 6.07) is 13.2. The maximum absolute atomic E-state index is 13.9. The first-order chi connectivity index (χ1) is 22.9. The number of aliphatic carboxylic acids is 1. The van der Waals surface area contributed by atoms with Gasteiger partial charge in [0, 0.05) is 36.3 Å². The Kier molecular flexibility index (Phi) is 10.4. The fourth-order valence-corrected chi connectivity index (χ4v) is 7.28. The molecule has 1 aliphatic heterocycles. The second-order valence-corrected chi connectivity index (χ2v) is 16.7. The van der Waals surface area contributed by atoms with Crippen molar-refractivity contribution in [3.05, 3.63) is 76.9 Å². The molecular weight excluding hydrogens is 649 g/mol. The van der Waals surface area contributed by atoms with Gasteiger partial charge in [-0.2, -0.15) is 0 Å². The zero-order valence-corrected chi connectivity index (χ0v) is 29.8. The molecule has 2 N–H and O–H groups in total. The van der Waals surface area contributed by atoms with Gasteiger partial charge in [-0.15, -0.1) is 0 Å². The molecule has 1 unspecified atom stereocenters. The maximum atomic E-state index is 13.9. The van der Waals surface area contributed by atoms with E-state index in [4.69, 9.17) is 9.47 Å². The SMILES string of the molecule is Cc1nc(C(=O)NS(=O)(=O)C2CC2)c(-c2ccc(OCCc3ccc(F)cc3)cc2)c(N2CCC(C)(C)CC2)c1C(OC(C)(C)C)C(=O)O. The van der Waals surface area contributed by atoms with Gasteiger partial charge in [-0.05, 0) is 94.2 Å². The number of hydrogen-bond donors (Lipinski definition) is 2. The molecule has 2 aromatic carbocycles. The van der Waals surface area contributed by atoms with E-state index in [1.807, 2.05) is 0 Å². The van der Waals surface area contributed by atoms with Gasteiger partial charge in [-0.3, -0.25) is 4.79 Å². The van der Waals surface area contributed by atoms with Gasteiger partial charge in [0.05, 0.1) is 23.1 Å². The first-order valence-corrected chi connectivity index (χ1v) is 18.2. The minimum atomic E-state index is -3.92.